The zero-order chi connectivity index (χ0) is 13.8. The van der Waals surface area contributed by atoms with Crippen molar-refractivity contribution in [2.45, 2.75) is 38.3 Å². The zero-order valence-corrected chi connectivity index (χ0v) is 12.1. The molecule has 0 radical (unpaired) electrons. The zero-order valence-electron chi connectivity index (χ0n) is 12.1. The molecule has 1 aliphatic heterocycles. The average Bonchev–Trinajstić information content (AvgIpc) is 2.64. The minimum Gasteiger partial charge on any atom is -0.480 e. The molecule has 5 nitrogen and oxygen atoms in total. The second-order valence-corrected chi connectivity index (χ2v) is 5.70. The van der Waals surface area contributed by atoms with Gasteiger partial charge in [0.25, 0.3) is 0 Å². The fourth-order valence-corrected chi connectivity index (χ4v) is 2.73. The highest BCUT2D eigenvalue weighted by Gasteiger charge is 2.37. The summed E-state index contributed by atoms with van der Waals surface area (Å²) >= 11 is 0. The summed E-state index contributed by atoms with van der Waals surface area (Å²) in [6.45, 7) is 6.99. The maximum absolute atomic E-state index is 11.4. The quantitative estimate of drug-likeness (QED) is 0.694. The van der Waals surface area contributed by atoms with E-state index in [4.69, 9.17) is 0 Å². The fourth-order valence-electron chi connectivity index (χ4n) is 2.73. The van der Waals surface area contributed by atoms with Crippen molar-refractivity contribution in [3.8, 4) is 0 Å². The Bertz CT molecular complexity index is 283. The molecule has 106 valence electrons. The van der Waals surface area contributed by atoms with Crippen LogP contribution in [0.5, 0.6) is 0 Å². The minimum atomic E-state index is -0.844. The fraction of sp³-hybridized carbons (Fsp3) is 0.923. The largest absolute Gasteiger partial charge is 0.480 e. The molecule has 0 aliphatic carbocycles. The van der Waals surface area contributed by atoms with E-state index in [0.717, 1.165) is 13.1 Å². The summed E-state index contributed by atoms with van der Waals surface area (Å²) in [5.41, 5.74) is -0.844. The smallest absolute Gasteiger partial charge is 0.324 e. The van der Waals surface area contributed by atoms with Gasteiger partial charge >= 0.3 is 5.97 Å². The number of nitrogens with zero attached hydrogens (tertiary/aromatic N) is 2. The third kappa shape index (κ3) is 3.93. The predicted octanol–water partition coefficient (Wildman–Crippen LogP) is 0.465. The van der Waals surface area contributed by atoms with Crippen molar-refractivity contribution in [2.75, 3.05) is 40.3 Å². The van der Waals surface area contributed by atoms with Crippen molar-refractivity contribution in [1.29, 1.82) is 0 Å². The molecular weight excluding hydrogens is 230 g/mol. The first-order chi connectivity index (χ1) is 8.39. The van der Waals surface area contributed by atoms with Crippen molar-refractivity contribution in [3.63, 3.8) is 0 Å². The monoisotopic (exact) mass is 257 g/mol. The van der Waals surface area contributed by atoms with Gasteiger partial charge < -0.3 is 15.3 Å². The van der Waals surface area contributed by atoms with E-state index in [2.05, 4.69) is 29.2 Å². The molecule has 0 aromatic heterocycles. The lowest BCUT2D eigenvalue weighted by Gasteiger charge is -2.34. The third-order valence-electron chi connectivity index (χ3n) is 3.63. The second-order valence-electron chi connectivity index (χ2n) is 5.70. The molecule has 5 heteroatoms. The minimum absolute atomic E-state index is 0.484. The topological polar surface area (TPSA) is 55.8 Å². The van der Waals surface area contributed by atoms with E-state index in [-0.39, 0.29) is 0 Å². The van der Waals surface area contributed by atoms with E-state index < -0.39 is 11.5 Å². The van der Waals surface area contributed by atoms with Crippen LogP contribution < -0.4 is 5.32 Å². The number of likely N-dealkylation sites (tertiary alicyclic amines) is 1. The Kier molecular flexibility index (Phi) is 5.56. The Labute approximate surface area is 110 Å². The molecule has 0 spiro atoms. The molecule has 0 bridgehead atoms. The molecular formula is C13H27N3O2. The average molecular weight is 257 g/mol. The lowest BCUT2D eigenvalue weighted by Crippen LogP contribution is -2.58. The Hall–Kier alpha value is -0.650. The molecule has 1 aliphatic rings. The van der Waals surface area contributed by atoms with Crippen molar-refractivity contribution in [3.05, 3.63) is 0 Å². The number of likely N-dealkylation sites (N-methyl/N-ethyl adjacent to an activating group) is 2. The van der Waals surface area contributed by atoms with Gasteiger partial charge in [-0.05, 0) is 47.0 Å². The Morgan fingerprint density at radius 3 is 2.72 bits per heavy atom. The SMILES string of the molecule is CCNC(C)(CN1CCCC1CN(C)C)C(=O)O. The molecule has 1 heterocycles. The van der Waals surface area contributed by atoms with Crippen LogP contribution in [0.2, 0.25) is 0 Å². The molecule has 1 saturated heterocycles. The van der Waals surface area contributed by atoms with Crippen LogP contribution in [0.3, 0.4) is 0 Å². The number of rotatable bonds is 7. The number of hydrogen-bond acceptors (Lipinski definition) is 4. The molecule has 2 N–H and O–H groups in total. The molecule has 1 rings (SSSR count). The van der Waals surface area contributed by atoms with Gasteiger partial charge in [-0.2, -0.15) is 0 Å². The lowest BCUT2D eigenvalue weighted by atomic mass is 10.0. The van der Waals surface area contributed by atoms with Crippen molar-refractivity contribution in [1.82, 2.24) is 15.1 Å². The van der Waals surface area contributed by atoms with Crippen LogP contribution in [0, 0.1) is 0 Å². The normalized spacial score (nSPS) is 24.4. The Balaban J connectivity index is 2.65. The van der Waals surface area contributed by atoms with Crippen LogP contribution in [0.4, 0.5) is 0 Å². The summed E-state index contributed by atoms with van der Waals surface area (Å²) in [5.74, 6) is -0.764. The number of aliphatic carboxylic acids is 1. The molecule has 0 amide bonds. The van der Waals surface area contributed by atoms with E-state index >= 15 is 0 Å². The molecule has 18 heavy (non-hydrogen) atoms. The summed E-state index contributed by atoms with van der Waals surface area (Å²) in [6.07, 6.45) is 2.33. The van der Waals surface area contributed by atoms with Gasteiger partial charge in [0.05, 0.1) is 0 Å². The Morgan fingerprint density at radius 1 is 1.56 bits per heavy atom. The second kappa shape index (κ2) is 6.50. The van der Waals surface area contributed by atoms with E-state index in [9.17, 15) is 9.90 Å². The summed E-state index contributed by atoms with van der Waals surface area (Å²) in [7, 11) is 4.13. The number of carboxylic acids is 1. The summed E-state index contributed by atoms with van der Waals surface area (Å²) in [5, 5.41) is 12.5. The number of nitrogens with one attached hydrogen (secondary N) is 1. The first-order valence-electron chi connectivity index (χ1n) is 6.76. The third-order valence-corrected chi connectivity index (χ3v) is 3.63. The Morgan fingerprint density at radius 2 is 2.22 bits per heavy atom. The molecule has 1 fully saturated rings. The summed E-state index contributed by atoms with van der Waals surface area (Å²) in [4.78, 5) is 15.9. The van der Waals surface area contributed by atoms with Crippen molar-refractivity contribution >= 4 is 5.97 Å². The molecule has 2 atom stereocenters. The van der Waals surface area contributed by atoms with Crippen LogP contribution >= 0.6 is 0 Å². The summed E-state index contributed by atoms with van der Waals surface area (Å²) in [6, 6.07) is 0.484. The first-order valence-corrected chi connectivity index (χ1v) is 6.76. The predicted molar refractivity (Wildman–Crippen MR) is 72.9 cm³/mol. The number of carboxylic acid groups (broad SMARTS) is 1. The van der Waals surface area contributed by atoms with Gasteiger partial charge in [0.2, 0.25) is 0 Å². The van der Waals surface area contributed by atoms with Gasteiger partial charge in [-0.15, -0.1) is 0 Å². The van der Waals surface area contributed by atoms with Crippen LogP contribution in [0.25, 0.3) is 0 Å². The van der Waals surface area contributed by atoms with Gasteiger partial charge in [0.1, 0.15) is 5.54 Å². The van der Waals surface area contributed by atoms with Gasteiger partial charge in [0, 0.05) is 19.1 Å². The van der Waals surface area contributed by atoms with Crippen LogP contribution in [-0.4, -0.2) is 72.7 Å². The highest BCUT2D eigenvalue weighted by Crippen LogP contribution is 2.20. The molecule has 2 unspecified atom stereocenters. The maximum atomic E-state index is 11.4. The molecule has 0 aromatic rings. The number of hydrogen-bond donors (Lipinski definition) is 2. The van der Waals surface area contributed by atoms with E-state index in [1.807, 2.05) is 6.92 Å². The first kappa shape index (κ1) is 15.4. The van der Waals surface area contributed by atoms with Crippen LogP contribution in [0.15, 0.2) is 0 Å². The van der Waals surface area contributed by atoms with Gasteiger partial charge in [-0.3, -0.25) is 9.69 Å². The van der Waals surface area contributed by atoms with E-state index in [0.29, 0.717) is 19.1 Å². The summed E-state index contributed by atoms with van der Waals surface area (Å²) < 4.78 is 0. The maximum Gasteiger partial charge on any atom is 0.324 e. The lowest BCUT2D eigenvalue weighted by molar-refractivity contribution is -0.145. The molecule has 0 aromatic carbocycles. The van der Waals surface area contributed by atoms with Crippen LogP contribution in [-0.2, 0) is 4.79 Å². The van der Waals surface area contributed by atoms with Crippen LogP contribution in [0.1, 0.15) is 26.7 Å². The number of carbonyl (C=O) groups is 1. The van der Waals surface area contributed by atoms with E-state index in [1.165, 1.54) is 12.8 Å². The van der Waals surface area contributed by atoms with Gasteiger partial charge in [-0.25, -0.2) is 0 Å². The standard InChI is InChI=1S/C13H27N3O2/c1-5-14-13(2,12(17)18)10-16-8-6-7-11(16)9-15(3)4/h11,14H,5-10H2,1-4H3,(H,17,18). The van der Waals surface area contributed by atoms with Gasteiger partial charge in [-0.1, -0.05) is 6.92 Å². The van der Waals surface area contributed by atoms with Crippen molar-refractivity contribution in [2.24, 2.45) is 0 Å². The highest BCUT2D eigenvalue weighted by molar-refractivity contribution is 5.78. The van der Waals surface area contributed by atoms with Crippen molar-refractivity contribution < 1.29 is 9.90 Å². The van der Waals surface area contributed by atoms with Gasteiger partial charge in [0.15, 0.2) is 0 Å². The molecule has 0 saturated carbocycles. The van der Waals surface area contributed by atoms with E-state index in [1.54, 1.807) is 6.92 Å². The highest BCUT2D eigenvalue weighted by atomic mass is 16.4.